The van der Waals surface area contributed by atoms with E-state index in [0.29, 0.717) is 13.0 Å². The number of carbonyl (C=O) groups is 2. The smallest absolute Gasteiger partial charge is 0.320 e. The zero-order chi connectivity index (χ0) is 22.9. The maximum absolute atomic E-state index is 12.1. The Bertz CT molecular complexity index is 930. The summed E-state index contributed by atoms with van der Waals surface area (Å²) in [6.45, 7) is 7.14. The molecule has 0 atom stereocenters. The molecular formula is C23H32N6O3. The number of unbranched alkanes of at least 4 members (excludes halogenated alkanes) is 1. The minimum Gasteiger partial charge on any atom is -0.463 e. The van der Waals surface area contributed by atoms with Crippen molar-refractivity contribution in [3.05, 3.63) is 35.4 Å². The van der Waals surface area contributed by atoms with Crippen LogP contribution in [0.5, 0.6) is 6.01 Å². The van der Waals surface area contributed by atoms with Gasteiger partial charge in [-0.1, -0.05) is 37.6 Å². The van der Waals surface area contributed by atoms with Gasteiger partial charge in [0.1, 0.15) is 5.69 Å². The summed E-state index contributed by atoms with van der Waals surface area (Å²) in [7, 11) is 0. The molecule has 3 rings (SSSR count). The molecule has 9 heteroatoms. The van der Waals surface area contributed by atoms with Crippen LogP contribution in [-0.2, 0) is 22.7 Å². The highest BCUT2D eigenvalue weighted by Crippen LogP contribution is 2.31. The third-order valence-electron chi connectivity index (χ3n) is 5.38. The quantitative estimate of drug-likeness (QED) is 0.408. The lowest BCUT2D eigenvalue weighted by Gasteiger charge is -2.23. The Morgan fingerprint density at radius 1 is 1.25 bits per heavy atom. The lowest BCUT2D eigenvalue weighted by Crippen LogP contribution is -2.26. The van der Waals surface area contributed by atoms with Crippen LogP contribution >= 0.6 is 0 Å². The molecule has 0 spiro atoms. The van der Waals surface area contributed by atoms with Gasteiger partial charge >= 0.3 is 6.01 Å². The number of aromatic nitrogens is 2. The van der Waals surface area contributed by atoms with Crippen LogP contribution < -0.4 is 20.7 Å². The first-order chi connectivity index (χ1) is 15.5. The molecule has 3 N–H and O–H groups in total. The van der Waals surface area contributed by atoms with Crippen LogP contribution in [0.2, 0.25) is 0 Å². The predicted octanol–water partition coefficient (Wildman–Crippen LogP) is 2.95. The largest absolute Gasteiger partial charge is 0.463 e. The first kappa shape index (κ1) is 23.5. The van der Waals surface area contributed by atoms with Crippen molar-refractivity contribution in [1.29, 1.82) is 0 Å². The standard InChI is InChI=1S/C23H32N6O3/c1-3-4-13-32-23-26-21(24)20(25-17(2)31)22(27-23)29(16-30)15-19-10-6-5-9-18(19)14-28-11-7-8-12-28/h5-6,9-10,16H,3-4,7-8,11-15H2,1-2H3,(H,25,31)(H2,24,26,27). The number of benzene rings is 1. The number of nitrogens with zero attached hydrogens (tertiary/aromatic N) is 4. The molecule has 0 radical (unpaired) electrons. The first-order valence-corrected chi connectivity index (χ1v) is 11.1. The number of nitrogens with two attached hydrogens (primary N) is 1. The Morgan fingerprint density at radius 3 is 2.62 bits per heavy atom. The molecule has 1 fully saturated rings. The Hall–Kier alpha value is -3.20. The van der Waals surface area contributed by atoms with E-state index in [1.807, 2.05) is 18.2 Å². The van der Waals surface area contributed by atoms with Gasteiger partial charge in [0.25, 0.3) is 0 Å². The molecular weight excluding hydrogens is 408 g/mol. The lowest BCUT2D eigenvalue weighted by atomic mass is 10.1. The van der Waals surface area contributed by atoms with Gasteiger partial charge in [0.05, 0.1) is 13.2 Å². The number of rotatable bonds is 11. The fourth-order valence-electron chi connectivity index (χ4n) is 3.71. The highest BCUT2D eigenvalue weighted by Gasteiger charge is 2.22. The Morgan fingerprint density at radius 2 is 1.97 bits per heavy atom. The van der Waals surface area contributed by atoms with Crippen molar-refractivity contribution < 1.29 is 14.3 Å². The summed E-state index contributed by atoms with van der Waals surface area (Å²) in [5.74, 6) is -0.0689. The van der Waals surface area contributed by atoms with Crippen LogP contribution in [0.4, 0.5) is 17.3 Å². The first-order valence-electron chi connectivity index (χ1n) is 11.1. The third kappa shape index (κ3) is 6.16. The van der Waals surface area contributed by atoms with E-state index >= 15 is 0 Å². The number of carbonyl (C=O) groups excluding carboxylic acids is 2. The van der Waals surface area contributed by atoms with E-state index in [-0.39, 0.29) is 35.8 Å². The third-order valence-corrected chi connectivity index (χ3v) is 5.38. The minimum absolute atomic E-state index is 0.0499. The van der Waals surface area contributed by atoms with Gasteiger partial charge in [-0.15, -0.1) is 0 Å². The topological polar surface area (TPSA) is 114 Å². The molecule has 2 heterocycles. The highest BCUT2D eigenvalue weighted by atomic mass is 16.5. The molecule has 172 valence electrons. The summed E-state index contributed by atoms with van der Waals surface area (Å²) < 4.78 is 5.62. The van der Waals surface area contributed by atoms with Crippen LogP contribution in [0, 0.1) is 0 Å². The molecule has 2 amide bonds. The van der Waals surface area contributed by atoms with Crippen molar-refractivity contribution in [2.24, 2.45) is 0 Å². The van der Waals surface area contributed by atoms with Gasteiger partial charge in [0, 0.05) is 13.5 Å². The van der Waals surface area contributed by atoms with Gasteiger partial charge in [0.15, 0.2) is 11.6 Å². The number of nitrogen functional groups attached to an aromatic ring is 1. The molecule has 9 nitrogen and oxygen atoms in total. The fraction of sp³-hybridized carbons (Fsp3) is 0.478. The van der Waals surface area contributed by atoms with Gasteiger partial charge in [-0.3, -0.25) is 19.4 Å². The normalized spacial score (nSPS) is 13.7. The molecule has 1 aliphatic rings. The van der Waals surface area contributed by atoms with Gasteiger partial charge in [-0.05, 0) is 43.5 Å². The number of likely N-dealkylation sites (tertiary alicyclic amines) is 1. The maximum Gasteiger partial charge on any atom is 0.320 e. The zero-order valence-corrected chi connectivity index (χ0v) is 18.8. The highest BCUT2D eigenvalue weighted by molar-refractivity contribution is 5.97. The Kier molecular flexibility index (Phi) is 8.38. The predicted molar refractivity (Wildman–Crippen MR) is 124 cm³/mol. The molecule has 1 aromatic heterocycles. The average molecular weight is 441 g/mol. The molecule has 0 unspecified atom stereocenters. The van der Waals surface area contributed by atoms with Gasteiger partial charge in [-0.25, -0.2) is 0 Å². The van der Waals surface area contributed by atoms with E-state index in [9.17, 15) is 9.59 Å². The van der Waals surface area contributed by atoms with Crippen molar-refractivity contribution in [2.75, 3.05) is 35.6 Å². The number of amides is 2. The summed E-state index contributed by atoms with van der Waals surface area (Å²) in [6, 6.07) is 8.12. The number of anilines is 3. The van der Waals surface area contributed by atoms with E-state index in [2.05, 4.69) is 33.2 Å². The van der Waals surface area contributed by atoms with Crippen molar-refractivity contribution >= 4 is 29.6 Å². The Labute approximate surface area is 189 Å². The van der Waals surface area contributed by atoms with Gasteiger partial charge in [-0.2, -0.15) is 9.97 Å². The lowest BCUT2D eigenvalue weighted by molar-refractivity contribution is -0.114. The molecule has 32 heavy (non-hydrogen) atoms. The maximum atomic E-state index is 12.1. The molecule has 0 saturated carbocycles. The van der Waals surface area contributed by atoms with Gasteiger partial charge in [0.2, 0.25) is 12.3 Å². The summed E-state index contributed by atoms with van der Waals surface area (Å²) in [4.78, 5) is 36.3. The zero-order valence-electron chi connectivity index (χ0n) is 18.8. The van der Waals surface area contributed by atoms with Crippen molar-refractivity contribution in [3.63, 3.8) is 0 Å². The summed E-state index contributed by atoms with van der Waals surface area (Å²) in [5.41, 5.74) is 8.46. The molecule has 1 aliphatic heterocycles. The summed E-state index contributed by atoms with van der Waals surface area (Å²) in [5, 5.41) is 2.66. The molecule has 1 aromatic carbocycles. The number of hydrogen-bond acceptors (Lipinski definition) is 7. The second-order valence-corrected chi connectivity index (χ2v) is 7.96. The summed E-state index contributed by atoms with van der Waals surface area (Å²) >= 11 is 0. The van der Waals surface area contributed by atoms with Crippen LogP contribution in [0.15, 0.2) is 24.3 Å². The molecule has 0 bridgehead atoms. The summed E-state index contributed by atoms with van der Waals surface area (Å²) in [6.07, 6.45) is 4.91. The van der Waals surface area contributed by atoms with E-state index in [1.165, 1.54) is 24.7 Å². The van der Waals surface area contributed by atoms with Crippen molar-refractivity contribution in [3.8, 4) is 6.01 Å². The average Bonchev–Trinajstić information content (AvgIpc) is 3.28. The van der Waals surface area contributed by atoms with E-state index in [0.717, 1.165) is 43.6 Å². The second-order valence-electron chi connectivity index (χ2n) is 7.96. The van der Waals surface area contributed by atoms with E-state index in [4.69, 9.17) is 10.5 Å². The van der Waals surface area contributed by atoms with Gasteiger partial charge < -0.3 is 15.8 Å². The number of ether oxygens (including phenoxy) is 1. The van der Waals surface area contributed by atoms with Crippen LogP contribution in [0.25, 0.3) is 0 Å². The number of nitrogens with one attached hydrogen (secondary N) is 1. The van der Waals surface area contributed by atoms with Crippen molar-refractivity contribution in [1.82, 2.24) is 14.9 Å². The monoisotopic (exact) mass is 440 g/mol. The second kappa shape index (κ2) is 11.4. The molecule has 2 aromatic rings. The van der Waals surface area contributed by atoms with E-state index < -0.39 is 0 Å². The van der Waals surface area contributed by atoms with Crippen LogP contribution in [0.3, 0.4) is 0 Å². The minimum atomic E-state index is -0.332. The Balaban J connectivity index is 1.91. The SMILES string of the molecule is CCCCOc1nc(N)c(NC(C)=O)c(N(C=O)Cc2ccccc2CN2CCCC2)n1. The fourth-order valence-corrected chi connectivity index (χ4v) is 3.71. The number of hydrogen-bond donors (Lipinski definition) is 2. The molecule has 0 aliphatic carbocycles. The molecule has 1 saturated heterocycles. The van der Waals surface area contributed by atoms with E-state index in [1.54, 1.807) is 0 Å². The van der Waals surface area contributed by atoms with Crippen molar-refractivity contribution in [2.45, 2.75) is 52.6 Å². The van der Waals surface area contributed by atoms with Crippen LogP contribution in [0.1, 0.15) is 50.7 Å². The van der Waals surface area contributed by atoms with Crippen LogP contribution in [-0.4, -0.2) is 46.9 Å².